The quantitative estimate of drug-likeness (QED) is 0.850. The molecule has 2 aliphatic heterocycles. The van der Waals surface area contributed by atoms with E-state index in [-0.39, 0.29) is 11.8 Å². The summed E-state index contributed by atoms with van der Waals surface area (Å²) in [6, 6.07) is 7.49. The van der Waals surface area contributed by atoms with Crippen molar-refractivity contribution in [3.8, 4) is 0 Å². The number of rotatable bonds is 4. The van der Waals surface area contributed by atoms with Crippen LogP contribution in [-0.4, -0.2) is 62.3 Å². The first-order chi connectivity index (χ1) is 12.8. The Kier molecular flexibility index (Phi) is 6.23. The highest BCUT2D eigenvalue weighted by atomic mass is 32.2. The molecule has 0 bridgehead atoms. The molecule has 2 aliphatic rings. The Morgan fingerprint density at radius 1 is 1.11 bits per heavy atom. The van der Waals surface area contributed by atoms with Crippen LogP contribution in [0.15, 0.2) is 29.2 Å². The van der Waals surface area contributed by atoms with E-state index in [1.54, 1.807) is 12.1 Å². The second-order valence-corrected chi connectivity index (χ2v) is 9.98. The Labute approximate surface area is 163 Å². The third-order valence-electron chi connectivity index (χ3n) is 5.67. The van der Waals surface area contributed by atoms with Gasteiger partial charge in [-0.05, 0) is 43.4 Å². The van der Waals surface area contributed by atoms with Crippen LogP contribution in [0.3, 0.4) is 0 Å². The van der Waals surface area contributed by atoms with Gasteiger partial charge in [0.1, 0.15) is 0 Å². The monoisotopic (exact) mass is 393 g/mol. The van der Waals surface area contributed by atoms with Crippen LogP contribution >= 0.6 is 0 Å². The van der Waals surface area contributed by atoms with Crippen molar-refractivity contribution in [3.63, 3.8) is 0 Å². The van der Waals surface area contributed by atoms with Gasteiger partial charge in [0.05, 0.1) is 4.90 Å². The van der Waals surface area contributed by atoms with Crippen molar-refractivity contribution in [2.24, 2.45) is 5.92 Å². The predicted octanol–water partition coefficient (Wildman–Crippen LogP) is 2.03. The molecule has 2 fully saturated rings. The van der Waals surface area contributed by atoms with E-state index in [1.807, 2.05) is 17.0 Å². The van der Waals surface area contributed by atoms with E-state index in [1.165, 1.54) is 4.31 Å². The largest absolute Gasteiger partial charge is 0.340 e. The fraction of sp³-hybridized carbons (Fsp3) is 0.650. The summed E-state index contributed by atoms with van der Waals surface area (Å²) in [6.45, 7) is 9.38. The Hall–Kier alpha value is -1.44. The highest BCUT2D eigenvalue weighted by Crippen LogP contribution is 2.26. The van der Waals surface area contributed by atoms with Crippen LogP contribution in [0.4, 0.5) is 0 Å². The SMILES string of the molecule is CC1CN(C(=O)C2CCN(S(=O)(=O)c3ccc(C(C)C)cc3)CC2)CCN1. The minimum Gasteiger partial charge on any atom is -0.340 e. The van der Waals surface area contributed by atoms with Gasteiger partial charge in [0.2, 0.25) is 15.9 Å². The van der Waals surface area contributed by atoms with Gasteiger partial charge in [0, 0.05) is 44.7 Å². The minimum absolute atomic E-state index is 0.0648. The van der Waals surface area contributed by atoms with Crippen LogP contribution in [0.5, 0.6) is 0 Å². The zero-order valence-electron chi connectivity index (χ0n) is 16.5. The topological polar surface area (TPSA) is 69.7 Å². The van der Waals surface area contributed by atoms with E-state index in [4.69, 9.17) is 0 Å². The number of nitrogens with zero attached hydrogens (tertiary/aromatic N) is 2. The maximum atomic E-state index is 12.9. The second kappa shape index (κ2) is 8.29. The van der Waals surface area contributed by atoms with Crippen LogP contribution in [0, 0.1) is 5.92 Å². The van der Waals surface area contributed by atoms with Crippen LogP contribution in [-0.2, 0) is 14.8 Å². The molecule has 27 heavy (non-hydrogen) atoms. The molecule has 2 heterocycles. The fourth-order valence-corrected chi connectivity index (χ4v) is 5.38. The van der Waals surface area contributed by atoms with Crippen molar-refractivity contribution >= 4 is 15.9 Å². The molecule has 150 valence electrons. The van der Waals surface area contributed by atoms with Gasteiger partial charge in [-0.3, -0.25) is 4.79 Å². The number of carbonyl (C=O) groups excluding carboxylic acids is 1. The van der Waals surface area contributed by atoms with Crippen molar-refractivity contribution in [1.29, 1.82) is 0 Å². The average Bonchev–Trinajstić information content (AvgIpc) is 2.67. The maximum absolute atomic E-state index is 12.9. The van der Waals surface area contributed by atoms with E-state index >= 15 is 0 Å². The van der Waals surface area contributed by atoms with Crippen LogP contribution in [0.25, 0.3) is 0 Å². The van der Waals surface area contributed by atoms with E-state index in [2.05, 4.69) is 26.1 Å². The molecule has 1 aromatic carbocycles. The van der Waals surface area contributed by atoms with Crippen LogP contribution < -0.4 is 5.32 Å². The molecule has 0 radical (unpaired) electrons. The molecule has 1 amide bonds. The number of piperidine rings is 1. The molecule has 2 saturated heterocycles. The fourth-order valence-electron chi connectivity index (χ4n) is 3.91. The van der Waals surface area contributed by atoms with Crippen LogP contribution in [0.2, 0.25) is 0 Å². The Morgan fingerprint density at radius 2 is 1.74 bits per heavy atom. The van der Waals surface area contributed by atoms with Crippen molar-refractivity contribution in [2.75, 3.05) is 32.7 Å². The first kappa shape index (κ1) is 20.3. The molecule has 1 unspecified atom stereocenters. The molecule has 1 atom stereocenters. The van der Waals surface area contributed by atoms with Crippen molar-refractivity contribution in [3.05, 3.63) is 29.8 Å². The normalized spacial score (nSPS) is 23.0. The summed E-state index contributed by atoms with van der Waals surface area (Å²) < 4.78 is 27.4. The summed E-state index contributed by atoms with van der Waals surface area (Å²) in [6.07, 6.45) is 1.20. The number of benzene rings is 1. The van der Waals surface area contributed by atoms with Gasteiger partial charge in [-0.25, -0.2) is 8.42 Å². The van der Waals surface area contributed by atoms with Gasteiger partial charge in [0.25, 0.3) is 0 Å². The lowest BCUT2D eigenvalue weighted by atomic mass is 9.96. The third-order valence-corrected chi connectivity index (χ3v) is 7.58. The van der Waals surface area contributed by atoms with E-state index in [0.717, 1.165) is 25.2 Å². The summed E-state index contributed by atoms with van der Waals surface area (Å²) >= 11 is 0. The predicted molar refractivity (Wildman–Crippen MR) is 106 cm³/mol. The zero-order chi connectivity index (χ0) is 19.6. The van der Waals surface area contributed by atoms with Crippen LogP contribution in [0.1, 0.15) is 45.1 Å². The molecule has 7 heteroatoms. The summed E-state index contributed by atoms with van der Waals surface area (Å²) in [5.74, 6) is 0.489. The first-order valence-corrected chi connectivity index (χ1v) is 11.4. The van der Waals surface area contributed by atoms with Gasteiger partial charge >= 0.3 is 0 Å². The van der Waals surface area contributed by atoms with E-state index < -0.39 is 10.0 Å². The average molecular weight is 394 g/mol. The number of hydrogen-bond acceptors (Lipinski definition) is 4. The summed E-state index contributed by atoms with van der Waals surface area (Å²) in [5, 5.41) is 3.34. The van der Waals surface area contributed by atoms with Gasteiger partial charge < -0.3 is 10.2 Å². The molecule has 6 nitrogen and oxygen atoms in total. The second-order valence-electron chi connectivity index (χ2n) is 8.04. The Bertz CT molecular complexity index is 753. The van der Waals surface area contributed by atoms with E-state index in [9.17, 15) is 13.2 Å². The number of carbonyl (C=O) groups is 1. The Morgan fingerprint density at radius 3 is 2.30 bits per heavy atom. The number of hydrogen-bond donors (Lipinski definition) is 1. The molecule has 1 aromatic rings. The summed E-state index contributed by atoms with van der Waals surface area (Å²) in [4.78, 5) is 15.0. The van der Waals surface area contributed by atoms with Crippen molar-refractivity contribution < 1.29 is 13.2 Å². The molecule has 1 N–H and O–H groups in total. The molecule has 3 rings (SSSR count). The lowest BCUT2D eigenvalue weighted by Crippen LogP contribution is -2.54. The molecule has 0 saturated carbocycles. The lowest BCUT2D eigenvalue weighted by Gasteiger charge is -2.37. The van der Waals surface area contributed by atoms with Gasteiger partial charge in [-0.2, -0.15) is 4.31 Å². The minimum atomic E-state index is -3.49. The summed E-state index contributed by atoms with van der Waals surface area (Å²) in [7, 11) is -3.49. The van der Waals surface area contributed by atoms with E-state index in [0.29, 0.717) is 42.8 Å². The summed E-state index contributed by atoms with van der Waals surface area (Å²) in [5.41, 5.74) is 1.13. The molecular formula is C20H31N3O3S. The highest BCUT2D eigenvalue weighted by molar-refractivity contribution is 7.89. The maximum Gasteiger partial charge on any atom is 0.243 e. The first-order valence-electron chi connectivity index (χ1n) is 9.91. The molecule has 0 aromatic heterocycles. The smallest absolute Gasteiger partial charge is 0.243 e. The molecule has 0 aliphatic carbocycles. The van der Waals surface area contributed by atoms with Gasteiger partial charge in [0.15, 0.2) is 0 Å². The lowest BCUT2D eigenvalue weighted by molar-refractivity contribution is -0.137. The third kappa shape index (κ3) is 4.52. The standard InChI is InChI=1S/C20H31N3O3S/c1-15(2)17-4-6-19(7-5-17)27(25,26)23-11-8-18(9-12-23)20(24)22-13-10-21-16(3)14-22/h4-7,15-16,18,21H,8-14H2,1-3H3. The van der Waals surface area contributed by atoms with Crippen molar-refractivity contribution in [1.82, 2.24) is 14.5 Å². The Balaban J connectivity index is 1.61. The van der Waals surface area contributed by atoms with Gasteiger partial charge in [-0.1, -0.05) is 26.0 Å². The number of sulfonamides is 1. The zero-order valence-corrected chi connectivity index (χ0v) is 17.3. The number of nitrogens with one attached hydrogen (secondary N) is 1. The van der Waals surface area contributed by atoms with Crippen molar-refractivity contribution in [2.45, 2.75) is 50.5 Å². The number of piperazine rings is 1. The van der Waals surface area contributed by atoms with Gasteiger partial charge in [-0.15, -0.1) is 0 Å². The highest BCUT2D eigenvalue weighted by Gasteiger charge is 2.34. The molecular weight excluding hydrogens is 362 g/mol. The number of amides is 1. The molecule has 0 spiro atoms.